The van der Waals surface area contributed by atoms with E-state index in [-0.39, 0.29) is 5.92 Å². The summed E-state index contributed by atoms with van der Waals surface area (Å²) in [7, 11) is -3.52. The highest BCUT2D eigenvalue weighted by molar-refractivity contribution is 7.89. The van der Waals surface area contributed by atoms with E-state index in [9.17, 15) is 8.42 Å². The Morgan fingerprint density at radius 3 is 2.40 bits per heavy atom. The Bertz CT molecular complexity index is 561. The zero-order valence-electron chi connectivity index (χ0n) is 12.2. The molecule has 1 aliphatic rings. The largest absolute Gasteiger partial charge is 0.329 e. The SMILES string of the molecule is CC(C)c1ccccc1S(=O)(=O)NC1(CN)CCCC1. The van der Waals surface area contributed by atoms with Crippen LogP contribution < -0.4 is 10.5 Å². The highest BCUT2D eigenvalue weighted by atomic mass is 32.2. The number of nitrogens with two attached hydrogens (primary N) is 1. The highest BCUT2D eigenvalue weighted by Gasteiger charge is 2.37. The molecule has 1 aliphatic carbocycles. The van der Waals surface area contributed by atoms with Gasteiger partial charge in [-0.25, -0.2) is 13.1 Å². The number of hydrogen-bond donors (Lipinski definition) is 2. The van der Waals surface area contributed by atoms with E-state index >= 15 is 0 Å². The molecule has 112 valence electrons. The third-order valence-electron chi connectivity index (χ3n) is 4.13. The lowest BCUT2D eigenvalue weighted by molar-refractivity contribution is 0.399. The molecule has 0 aliphatic heterocycles. The molecule has 0 unspecified atom stereocenters. The maximum Gasteiger partial charge on any atom is 0.241 e. The standard InChI is InChI=1S/C15H24N2O2S/c1-12(2)13-7-3-4-8-14(13)20(18,19)17-15(11-16)9-5-6-10-15/h3-4,7-8,12,17H,5-6,9-11,16H2,1-2H3. The zero-order valence-corrected chi connectivity index (χ0v) is 13.0. The fraction of sp³-hybridized carbons (Fsp3) is 0.600. The van der Waals surface area contributed by atoms with Crippen molar-refractivity contribution in [1.29, 1.82) is 0 Å². The van der Waals surface area contributed by atoms with Crippen molar-refractivity contribution in [3.8, 4) is 0 Å². The average molecular weight is 296 g/mol. The average Bonchev–Trinajstić information content (AvgIpc) is 2.87. The van der Waals surface area contributed by atoms with Crippen molar-refractivity contribution in [1.82, 2.24) is 4.72 Å². The van der Waals surface area contributed by atoms with E-state index in [0.717, 1.165) is 31.2 Å². The second-order valence-corrected chi connectivity index (χ2v) is 7.64. The molecule has 1 fully saturated rings. The van der Waals surface area contributed by atoms with E-state index in [0.29, 0.717) is 11.4 Å². The first-order chi connectivity index (χ1) is 9.40. The number of benzene rings is 1. The predicted molar refractivity (Wildman–Crippen MR) is 81.1 cm³/mol. The lowest BCUT2D eigenvalue weighted by Gasteiger charge is -2.29. The Balaban J connectivity index is 2.36. The van der Waals surface area contributed by atoms with E-state index in [2.05, 4.69) is 4.72 Å². The number of sulfonamides is 1. The van der Waals surface area contributed by atoms with Gasteiger partial charge in [0.05, 0.1) is 4.90 Å². The molecule has 1 aromatic rings. The maximum atomic E-state index is 12.7. The summed E-state index contributed by atoms with van der Waals surface area (Å²) in [4.78, 5) is 0.384. The van der Waals surface area contributed by atoms with Crippen LogP contribution in [0.4, 0.5) is 0 Å². The van der Waals surface area contributed by atoms with Crippen LogP contribution in [0.3, 0.4) is 0 Å². The molecule has 0 saturated heterocycles. The summed E-state index contributed by atoms with van der Waals surface area (Å²) in [5.74, 6) is 0.167. The van der Waals surface area contributed by atoms with E-state index in [1.165, 1.54) is 0 Å². The molecule has 0 radical (unpaired) electrons. The van der Waals surface area contributed by atoms with Crippen molar-refractivity contribution in [2.24, 2.45) is 5.73 Å². The summed E-state index contributed by atoms with van der Waals surface area (Å²) in [6.07, 6.45) is 3.72. The van der Waals surface area contributed by atoms with Gasteiger partial charge in [-0.05, 0) is 30.4 Å². The predicted octanol–water partition coefficient (Wildman–Crippen LogP) is 2.36. The Morgan fingerprint density at radius 2 is 1.85 bits per heavy atom. The summed E-state index contributed by atoms with van der Waals surface area (Å²) in [6.45, 7) is 4.36. The van der Waals surface area contributed by atoms with Gasteiger partial charge in [0.2, 0.25) is 10.0 Å². The van der Waals surface area contributed by atoms with E-state index < -0.39 is 15.6 Å². The van der Waals surface area contributed by atoms with Crippen molar-refractivity contribution in [3.63, 3.8) is 0 Å². The van der Waals surface area contributed by atoms with Gasteiger partial charge in [0.1, 0.15) is 0 Å². The Kier molecular flexibility index (Phi) is 4.52. The zero-order chi connectivity index (χ0) is 14.8. The summed E-state index contributed by atoms with van der Waals surface area (Å²) < 4.78 is 28.3. The first-order valence-corrected chi connectivity index (χ1v) is 8.71. The van der Waals surface area contributed by atoms with Gasteiger partial charge in [0, 0.05) is 12.1 Å². The quantitative estimate of drug-likeness (QED) is 0.876. The van der Waals surface area contributed by atoms with Crippen molar-refractivity contribution < 1.29 is 8.42 Å². The van der Waals surface area contributed by atoms with Crippen LogP contribution >= 0.6 is 0 Å². The third kappa shape index (κ3) is 3.05. The van der Waals surface area contributed by atoms with Crippen molar-refractivity contribution >= 4 is 10.0 Å². The van der Waals surface area contributed by atoms with Gasteiger partial charge in [0.25, 0.3) is 0 Å². The van der Waals surface area contributed by atoms with Crippen LogP contribution in [0, 0.1) is 0 Å². The molecule has 1 saturated carbocycles. The lowest BCUT2D eigenvalue weighted by Crippen LogP contribution is -2.51. The molecular formula is C15H24N2O2S. The van der Waals surface area contributed by atoms with Gasteiger partial charge in [0.15, 0.2) is 0 Å². The summed E-state index contributed by atoms with van der Waals surface area (Å²) in [5.41, 5.74) is 6.22. The van der Waals surface area contributed by atoms with Crippen LogP contribution in [0.25, 0.3) is 0 Å². The fourth-order valence-electron chi connectivity index (χ4n) is 2.94. The van der Waals surface area contributed by atoms with Crippen molar-refractivity contribution in [3.05, 3.63) is 29.8 Å². The van der Waals surface area contributed by atoms with E-state index in [1.807, 2.05) is 26.0 Å². The Hall–Kier alpha value is -0.910. The number of rotatable bonds is 5. The molecule has 4 nitrogen and oxygen atoms in total. The number of nitrogens with one attached hydrogen (secondary N) is 1. The molecular weight excluding hydrogens is 272 g/mol. The van der Waals surface area contributed by atoms with Gasteiger partial charge in [-0.3, -0.25) is 0 Å². The Morgan fingerprint density at radius 1 is 1.25 bits per heavy atom. The molecule has 5 heteroatoms. The molecule has 3 N–H and O–H groups in total. The second-order valence-electron chi connectivity index (χ2n) is 5.99. The summed E-state index contributed by atoms with van der Waals surface area (Å²) in [6, 6.07) is 7.20. The fourth-order valence-corrected chi connectivity index (χ4v) is 4.78. The molecule has 2 rings (SSSR count). The van der Waals surface area contributed by atoms with Crippen LogP contribution in [-0.2, 0) is 10.0 Å². The molecule has 0 heterocycles. The minimum Gasteiger partial charge on any atom is -0.329 e. The van der Waals surface area contributed by atoms with Gasteiger partial charge < -0.3 is 5.73 Å². The minimum atomic E-state index is -3.52. The van der Waals surface area contributed by atoms with Gasteiger partial charge >= 0.3 is 0 Å². The normalized spacial score (nSPS) is 18.6. The minimum absolute atomic E-state index is 0.167. The van der Waals surface area contributed by atoms with Crippen LogP contribution in [0.2, 0.25) is 0 Å². The lowest BCUT2D eigenvalue weighted by atomic mass is 10.0. The van der Waals surface area contributed by atoms with Gasteiger partial charge in [-0.1, -0.05) is 44.9 Å². The molecule has 1 aromatic carbocycles. The summed E-state index contributed by atoms with van der Waals surface area (Å²) in [5, 5.41) is 0. The molecule has 0 spiro atoms. The van der Waals surface area contributed by atoms with Crippen LogP contribution in [0.5, 0.6) is 0 Å². The topological polar surface area (TPSA) is 72.2 Å². The van der Waals surface area contributed by atoms with E-state index in [4.69, 9.17) is 5.73 Å². The van der Waals surface area contributed by atoms with Crippen LogP contribution in [0.15, 0.2) is 29.2 Å². The number of hydrogen-bond acceptors (Lipinski definition) is 3. The first-order valence-electron chi connectivity index (χ1n) is 7.23. The molecule has 20 heavy (non-hydrogen) atoms. The van der Waals surface area contributed by atoms with Gasteiger partial charge in [-0.15, -0.1) is 0 Å². The van der Waals surface area contributed by atoms with Gasteiger partial charge in [-0.2, -0.15) is 0 Å². The van der Waals surface area contributed by atoms with Crippen molar-refractivity contribution in [2.75, 3.05) is 6.54 Å². The second kappa shape index (κ2) is 5.84. The smallest absolute Gasteiger partial charge is 0.241 e. The molecule has 0 amide bonds. The third-order valence-corrected chi connectivity index (χ3v) is 5.79. The Labute approximate surface area is 121 Å². The highest BCUT2D eigenvalue weighted by Crippen LogP contribution is 2.31. The maximum absolute atomic E-state index is 12.7. The van der Waals surface area contributed by atoms with Crippen LogP contribution in [0.1, 0.15) is 51.0 Å². The summed E-state index contributed by atoms with van der Waals surface area (Å²) >= 11 is 0. The molecule has 0 bridgehead atoms. The van der Waals surface area contributed by atoms with E-state index in [1.54, 1.807) is 12.1 Å². The molecule has 0 atom stereocenters. The van der Waals surface area contributed by atoms with Crippen molar-refractivity contribution in [2.45, 2.75) is 55.9 Å². The first kappa shape index (κ1) is 15.5. The monoisotopic (exact) mass is 296 g/mol. The van der Waals surface area contributed by atoms with Crippen LogP contribution in [-0.4, -0.2) is 20.5 Å². The molecule has 0 aromatic heterocycles.